The van der Waals surface area contributed by atoms with Crippen LogP contribution in [-0.4, -0.2) is 21.2 Å². The smallest absolute Gasteiger partial charge is 0.264 e. The number of nitrogen functional groups attached to an aromatic ring is 1. The summed E-state index contributed by atoms with van der Waals surface area (Å²) in [5.74, 6) is -1.73. The molecule has 1 atom stereocenters. The van der Waals surface area contributed by atoms with Gasteiger partial charge in [-0.25, -0.2) is 0 Å². The maximum Gasteiger partial charge on any atom is 0.264 e. The Morgan fingerprint density at radius 2 is 1.38 bits per heavy atom. The van der Waals surface area contributed by atoms with Crippen molar-refractivity contribution in [3.05, 3.63) is 71.7 Å². The van der Waals surface area contributed by atoms with Crippen molar-refractivity contribution >= 4 is 17.6 Å². The van der Waals surface area contributed by atoms with E-state index >= 15 is 0 Å². The van der Waals surface area contributed by atoms with Crippen LogP contribution in [0.4, 0.5) is 5.82 Å². The van der Waals surface area contributed by atoms with Gasteiger partial charge in [-0.15, -0.1) is 0 Å². The molecule has 0 aliphatic carbocycles. The van der Waals surface area contributed by atoms with Gasteiger partial charge in [0.2, 0.25) is 0 Å². The summed E-state index contributed by atoms with van der Waals surface area (Å²) in [6.45, 7) is 0. The highest BCUT2D eigenvalue weighted by molar-refractivity contribution is 6.13. The Balaban J connectivity index is 1.91. The van der Waals surface area contributed by atoms with Crippen LogP contribution in [0, 0.1) is 5.41 Å². The van der Waals surface area contributed by atoms with Gasteiger partial charge >= 0.3 is 0 Å². The van der Waals surface area contributed by atoms with Crippen LogP contribution in [0.2, 0.25) is 0 Å². The Labute approximate surface area is 137 Å². The third kappa shape index (κ3) is 1.80. The van der Waals surface area contributed by atoms with Crippen molar-refractivity contribution < 1.29 is 9.59 Å². The molecule has 1 unspecified atom stereocenters. The van der Waals surface area contributed by atoms with Gasteiger partial charge in [-0.3, -0.25) is 15.0 Å². The lowest BCUT2D eigenvalue weighted by Gasteiger charge is -2.07. The molecule has 0 spiro atoms. The normalized spacial score (nSPS) is 16.4. The van der Waals surface area contributed by atoms with Crippen LogP contribution in [0.1, 0.15) is 21.1 Å². The van der Waals surface area contributed by atoms with Crippen molar-refractivity contribution in [2.45, 2.75) is 5.92 Å². The second kappa shape index (κ2) is 5.06. The minimum Gasteiger partial charge on any atom is -0.383 e. The standard InChI is InChI=1S/C18H14N4O2/c19-15-13(11-7-3-1-4-8-11)16(20)22-18(24)14(17(23)21(15)22)12-9-5-2-6-10-12/h1-10,14,19H,20H2. The van der Waals surface area contributed by atoms with Crippen LogP contribution in [0.3, 0.4) is 0 Å². The summed E-state index contributed by atoms with van der Waals surface area (Å²) >= 11 is 0. The molecule has 2 heterocycles. The van der Waals surface area contributed by atoms with E-state index in [-0.39, 0.29) is 11.3 Å². The molecule has 3 aromatic rings. The summed E-state index contributed by atoms with van der Waals surface area (Å²) in [6.07, 6.45) is 0. The minimum absolute atomic E-state index is 0.0736. The van der Waals surface area contributed by atoms with Crippen molar-refractivity contribution in [2.75, 3.05) is 5.73 Å². The highest BCUT2D eigenvalue weighted by atomic mass is 16.2. The van der Waals surface area contributed by atoms with Gasteiger partial charge in [0.1, 0.15) is 11.7 Å². The van der Waals surface area contributed by atoms with Gasteiger partial charge in [0.05, 0.1) is 5.56 Å². The first-order valence-electron chi connectivity index (χ1n) is 7.48. The number of fused-ring (bicyclic) bond motifs is 1. The zero-order chi connectivity index (χ0) is 16.8. The summed E-state index contributed by atoms with van der Waals surface area (Å²) in [5, 5.41) is 8.35. The predicted octanol–water partition coefficient (Wildman–Crippen LogP) is 2.10. The van der Waals surface area contributed by atoms with Crippen LogP contribution < -0.4 is 11.2 Å². The first-order chi connectivity index (χ1) is 11.6. The van der Waals surface area contributed by atoms with Crippen molar-refractivity contribution in [2.24, 2.45) is 0 Å². The quantitative estimate of drug-likeness (QED) is 0.708. The molecule has 2 aromatic carbocycles. The molecule has 0 bridgehead atoms. The maximum absolute atomic E-state index is 12.8. The topological polar surface area (TPSA) is 93.9 Å². The predicted molar refractivity (Wildman–Crippen MR) is 88.6 cm³/mol. The van der Waals surface area contributed by atoms with E-state index in [2.05, 4.69) is 0 Å². The molecule has 0 fully saturated rings. The summed E-state index contributed by atoms with van der Waals surface area (Å²) in [5.41, 5.74) is 7.75. The lowest BCUT2D eigenvalue weighted by atomic mass is 9.98. The molecule has 0 radical (unpaired) electrons. The fourth-order valence-corrected chi connectivity index (χ4v) is 3.14. The van der Waals surface area contributed by atoms with E-state index < -0.39 is 17.7 Å². The van der Waals surface area contributed by atoms with Gasteiger partial charge in [0, 0.05) is 0 Å². The molecule has 1 aliphatic heterocycles. The first-order valence-corrected chi connectivity index (χ1v) is 7.48. The Morgan fingerprint density at radius 3 is 1.96 bits per heavy atom. The molecule has 1 aromatic heterocycles. The average Bonchev–Trinajstić information content (AvgIpc) is 3.02. The number of aromatic nitrogens is 2. The van der Waals surface area contributed by atoms with E-state index in [9.17, 15) is 9.59 Å². The Kier molecular flexibility index (Phi) is 2.99. The summed E-state index contributed by atoms with van der Waals surface area (Å²) in [7, 11) is 0. The highest BCUT2D eigenvalue weighted by Crippen LogP contribution is 2.31. The molecule has 1 aliphatic rings. The van der Waals surface area contributed by atoms with Crippen molar-refractivity contribution in [1.29, 1.82) is 5.41 Å². The number of hydrogen-bond donors (Lipinski definition) is 2. The fraction of sp³-hybridized carbons (Fsp3) is 0.0556. The third-order valence-electron chi connectivity index (χ3n) is 4.24. The second-order valence-corrected chi connectivity index (χ2v) is 5.62. The summed E-state index contributed by atoms with van der Waals surface area (Å²) in [6, 6.07) is 17.9. The maximum atomic E-state index is 12.8. The molecule has 6 nitrogen and oxygen atoms in total. The van der Waals surface area contributed by atoms with E-state index in [1.807, 2.05) is 24.3 Å². The van der Waals surface area contributed by atoms with E-state index in [0.29, 0.717) is 16.7 Å². The number of anilines is 1. The van der Waals surface area contributed by atoms with E-state index in [1.54, 1.807) is 36.4 Å². The highest BCUT2D eigenvalue weighted by Gasteiger charge is 2.42. The van der Waals surface area contributed by atoms with Gasteiger partial charge < -0.3 is 5.73 Å². The molecule has 0 saturated carbocycles. The molecular weight excluding hydrogens is 304 g/mol. The monoisotopic (exact) mass is 318 g/mol. The van der Waals surface area contributed by atoms with Crippen LogP contribution in [-0.2, 0) is 0 Å². The SMILES string of the molecule is N=c1c(-c2ccccc2)c(N)n2n1C(=O)C(c1ccccc1)C2=O. The minimum atomic E-state index is -0.956. The second-order valence-electron chi connectivity index (χ2n) is 5.62. The van der Waals surface area contributed by atoms with E-state index in [1.165, 1.54) is 0 Å². The zero-order valence-electron chi connectivity index (χ0n) is 12.6. The third-order valence-corrected chi connectivity index (χ3v) is 4.24. The molecule has 3 N–H and O–H groups in total. The van der Waals surface area contributed by atoms with Gasteiger partial charge in [0.25, 0.3) is 11.8 Å². The van der Waals surface area contributed by atoms with Crippen LogP contribution >= 0.6 is 0 Å². The molecule has 6 heteroatoms. The van der Waals surface area contributed by atoms with Crippen LogP contribution in [0.15, 0.2) is 60.7 Å². The van der Waals surface area contributed by atoms with E-state index in [0.717, 1.165) is 9.36 Å². The molecule has 0 saturated heterocycles. The van der Waals surface area contributed by atoms with Crippen LogP contribution in [0.5, 0.6) is 0 Å². The Hall–Kier alpha value is -3.41. The van der Waals surface area contributed by atoms with Crippen molar-refractivity contribution in [3.63, 3.8) is 0 Å². The Bertz CT molecular complexity index is 1020. The number of rotatable bonds is 2. The number of benzene rings is 2. The lowest BCUT2D eigenvalue weighted by molar-refractivity contribution is 0.0848. The fourth-order valence-electron chi connectivity index (χ4n) is 3.14. The van der Waals surface area contributed by atoms with E-state index in [4.69, 9.17) is 11.1 Å². The zero-order valence-corrected chi connectivity index (χ0v) is 12.6. The Morgan fingerprint density at radius 1 is 0.833 bits per heavy atom. The van der Waals surface area contributed by atoms with Gasteiger partial charge in [0.15, 0.2) is 5.49 Å². The first kappa shape index (κ1) is 14.2. The molecular formula is C18H14N4O2. The van der Waals surface area contributed by atoms with Crippen molar-refractivity contribution in [3.8, 4) is 11.1 Å². The largest absolute Gasteiger partial charge is 0.383 e. The number of carbonyl (C=O) groups is 2. The number of carbonyl (C=O) groups excluding carboxylic acids is 2. The van der Waals surface area contributed by atoms with Gasteiger partial charge in [-0.1, -0.05) is 60.7 Å². The number of hydrogen-bond acceptors (Lipinski definition) is 4. The van der Waals surface area contributed by atoms with Gasteiger partial charge in [-0.2, -0.15) is 9.36 Å². The number of nitrogens with zero attached hydrogens (tertiary/aromatic N) is 2. The molecule has 0 amide bonds. The average molecular weight is 318 g/mol. The molecule has 4 rings (SSSR count). The molecule has 118 valence electrons. The lowest BCUT2D eigenvalue weighted by Crippen LogP contribution is -2.25. The van der Waals surface area contributed by atoms with Crippen LogP contribution in [0.25, 0.3) is 11.1 Å². The molecule has 24 heavy (non-hydrogen) atoms. The van der Waals surface area contributed by atoms with Crippen molar-refractivity contribution in [1.82, 2.24) is 9.36 Å². The number of nitrogens with two attached hydrogens (primary N) is 1. The summed E-state index contributed by atoms with van der Waals surface area (Å²) < 4.78 is 2.18. The van der Waals surface area contributed by atoms with Gasteiger partial charge in [-0.05, 0) is 11.1 Å². The summed E-state index contributed by atoms with van der Waals surface area (Å²) in [4.78, 5) is 25.6. The number of nitrogens with one attached hydrogen (secondary N) is 1.